The number of aromatic nitrogens is 1. The van der Waals surface area contributed by atoms with E-state index >= 15 is 0 Å². The van der Waals surface area contributed by atoms with Gasteiger partial charge < -0.3 is 0 Å². The maximum absolute atomic E-state index is 4.30. The average Bonchev–Trinajstić information content (AvgIpc) is 2.49. The largest absolute Gasteiger partial charge is 0.201 e. The lowest BCUT2D eigenvalue weighted by Crippen LogP contribution is -2.12. The molecule has 0 aliphatic carbocycles. The highest BCUT2D eigenvalue weighted by Crippen LogP contribution is 2.34. The lowest BCUT2D eigenvalue weighted by atomic mass is 9.85. The van der Waals surface area contributed by atoms with Gasteiger partial charge in [0.15, 0.2) is 0 Å². The summed E-state index contributed by atoms with van der Waals surface area (Å²) >= 11 is 1.66. The second kappa shape index (κ2) is 3.79. The molecule has 1 unspecified atom stereocenters. The minimum Gasteiger partial charge on any atom is -0.201 e. The Morgan fingerprint density at radius 3 is 2.54 bits per heavy atom. The van der Waals surface area contributed by atoms with E-state index in [0.717, 1.165) is 0 Å². The summed E-state index contributed by atoms with van der Waals surface area (Å²) in [5, 5.41) is 0. The van der Waals surface area contributed by atoms with Gasteiger partial charge in [-0.05, 0) is 34.8 Å². The smallest absolute Gasteiger partial charge is 0.0447 e. The molecule has 0 aromatic carbocycles. The molecule has 0 bridgehead atoms. The van der Waals surface area contributed by atoms with Crippen LogP contribution >= 0.6 is 11.5 Å². The fourth-order valence-electron chi connectivity index (χ4n) is 1.35. The zero-order chi connectivity index (χ0) is 10.1. The molecule has 0 amide bonds. The number of hydrogen-bond acceptors (Lipinski definition) is 2. The van der Waals surface area contributed by atoms with Crippen molar-refractivity contribution in [1.82, 2.24) is 4.37 Å². The molecule has 0 radical (unpaired) electrons. The van der Waals surface area contributed by atoms with E-state index in [1.165, 1.54) is 16.9 Å². The molecule has 0 N–H and O–H groups in total. The van der Waals surface area contributed by atoms with Crippen molar-refractivity contribution >= 4 is 11.5 Å². The summed E-state index contributed by atoms with van der Waals surface area (Å²) in [5.74, 6) is 0.654. The van der Waals surface area contributed by atoms with Crippen LogP contribution in [0.15, 0.2) is 6.20 Å². The Kier molecular flexibility index (Phi) is 3.12. The lowest BCUT2D eigenvalue weighted by molar-refractivity contribution is 0.575. The second-order valence-electron chi connectivity index (χ2n) is 4.66. The first kappa shape index (κ1) is 10.7. The molecular weight excluding hydrogens is 178 g/mol. The van der Waals surface area contributed by atoms with E-state index in [0.29, 0.717) is 5.92 Å². The van der Waals surface area contributed by atoms with Gasteiger partial charge in [0.1, 0.15) is 0 Å². The van der Waals surface area contributed by atoms with Gasteiger partial charge in [-0.1, -0.05) is 34.6 Å². The predicted octanol–water partition coefficient (Wildman–Crippen LogP) is 3.95. The van der Waals surface area contributed by atoms with Gasteiger partial charge in [0.05, 0.1) is 0 Å². The number of hydrogen-bond donors (Lipinski definition) is 0. The normalized spacial score (nSPS) is 14.5. The quantitative estimate of drug-likeness (QED) is 0.699. The summed E-state index contributed by atoms with van der Waals surface area (Å²) in [6.07, 6.45) is 3.23. The van der Waals surface area contributed by atoms with Gasteiger partial charge in [0.2, 0.25) is 0 Å². The summed E-state index contributed by atoms with van der Waals surface area (Å²) < 4.78 is 4.30. The topological polar surface area (TPSA) is 12.9 Å². The third-order valence-corrected chi connectivity index (χ3v) is 3.50. The van der Waals surface area contributed by atoms with Gasteiger partial charge in [0.25, 0.3) is 0 Å². The van der Waals surface area contributed by atoms with E-state index in [-0.39, 0.29) is 5.41 Å². The van der Waals surface area contributed by atoms with Crippen LogP contribution in [0.5, 0.6) is 0 Å². The first-order valence-corrected chi connectivity index (χ1v) is 5.69. The fraction of sp³-hybridized carbons (Fsp3) is 0.727. The molecule has 1 aromatic rings. The van der Waals surface area contributed by atoms with E-state index in [9.17, 15) is 0 Å². The second-order valence-corrected chi connectivity index (χ2v) is 5.50. The molecular formula is C11H19NS. The molecule has 1 atom stereocenters. The Morgan fingerprint density at radius 1 is 1.46 bits per heavy atom. The first-order valence-electron chi connectivity index (χ1n) is 4.91. The molecule has 0 saturated carbocycles. The van der Waals surface area contributed by atoms with Crippen LogP contribution in [0.2, 0.25) is 0 Å². The van der Waals surface area contributed by atoms with Crippen LogP contribution in [-0.4, -0.2) is 4.37 Å². The molecule has 1 aromatic heterocycles. The molecule has 13 heavy (non-hydrogen) atoms. The van der Waals surface area contributed by atoms with Gasteiger partial charge in [-0.2, -0.15) is 0 Å². The van der Waals surface area contributed by atoms with Gasteiger partial charge in [-0.15, -0.1) is 0 Å². The summed E-state index contributed by atoms with van der Waals surface area (Å²) in [7, 11) is 0. The van der Waals surface area contributed by atoms with E-state index in [4.69, 9.17) is 0 Å². The van der Waals surface area contributed by atoms with Crippen molar-refractivity contribution in [2.75, 3.05) is 0 Å². The maximum atomic E-state index is 4.30. The van der Waals surface area contributed by atoms with Crippen molar-refractivity contribution in [2.24, 2.45) is 0 Å². The Balaban J connectivity index is 3.03. The van der Waals surface area contributed by atoms with E-state index in [1.54, 1.807) is 11.5 Å². The minimum atomic E-state index is 0.242. The molecule has 0 fully saturated rings. The van der Waals surface area contributed by atoms with Crippen LogP contribution in [-0.2, 0) is 5.41 Å². The zero-order valence-electron chi connectivity index (χ0n) is 9.22. The highest BCUT2D eigenvalue weighted by molar-refractivity contribution is 7.06. The van der Waals surface area contributed by atoms with Crippen LogP contribution in [0.25, 0.3) is 0 Å². The van der Waals surface area contributed by atoms with Gasteiger partial charge in [0, 0.05) is 11.1 Å². The molecule has 1 nitrogen and oxygen atoms in total. The van der Waals surface area contributed by atoms with Crippen LogP contribution in [0.3, 0.4) is 0 Å². The summed E-state index contributed by atoms with van der Waals surface area (Å²) in [4.78, 5) is 1.47. The Hall–Kier alpha value is -0.370. The van der Waals surface area contributed by atoms with Crippen molar-refractivity contribution in [3.8, 4) is 0 Å². The van der Waals surface area contributed by atoms with Crippen LogP contribution in [0.4, 0.5) is 0 Å². The third-order valence-electron chi connectivity index (χ3n) is 2.47. The van der Waals surface area contributed by atoms with Gasteiger partial charge in [-0.3, -0.25) is 0 Å². The summed E-state index contributed by atoms with van der Waals surface area (Å²) in [6, 6.07) is 0. The maximum Gasteiger partial charge on any atom is 0.0447 e. The molecule has 0 aliphatic rings. The molecule has 1 heterocycles. The summed E-state index contributed by atoms with van der Waals surface area (Å²) in [6.45, 7) is 11.3. The molecule has 74 valence electrons. The predicted molar refractivity (Wildman–Crippen MR) is 59.5 cm³/mol. The Bertz CT molecular complexity index is 270. The fourth-order valence-corrected chi connectivity index (χ4v) is 2.43. The van der Waals surface area contributed by atoms with E-state index in [1.807, 2.05) is 6.20 Å². The van der Waals surface area contributed by atoms with Crippen molar-refractivity contribution in [3.05, 3.63) is 16.6 Å². The van der Waals surface area contributed by atoms with Crippen LogP contribution in [0, 0.1) is 0 Å². The van der Waals surface area contributed by atoms with E-state index < -0.39 is 0 Å². The zero-order valence-corrected chi connectivity index (χ0v) is 10.0. The van der Waals surface area contributed by atoms with E-state index in [2.05, 4.69) is 39.0 Å². The van der Waals surface area contributed by atoms with Crippen molar-refractivity contribution in [1.29, 1.82) is 0 Å². The minimum absolute atomic E-state index is 0.242. The van der Waals surface area contributed by atoms with Crippen molar-refractivity contribution < 1.29 is 0 Å². The summed E-state index contributed by atoms with van der Waals surface area (Å²) in [5.41, 5.74) is 1.66. The molecule has 0 saturated heterocycles. The molecule has 2 heteroatoms. The highest BCUT2D eigenvalue weighted by Gasteiger charge is 2.22. The monoisotopic (exact) mass is 197 g/mol. The number of nitrogens with zero attached hydrogens (tertiary/aromatic N) is 1. The van der Waals surface area contributed by atoms with Crippen LogP contribution in [0.1, 0.15) is 57.4 Å². The SMILES string of the molecule is CCC(C)c1sncc1C(C)(C)C. The Labute approximate surface area is 85.4 Å². The lowest BCUT2D eigenvalue weighted by Gasteiger charge is -2.20. The van der Waals surface area contributed by atoms with Gasteiger partial charge in [-0.25, -0.2) is 4.37 Å². The number of rotatable bonds is 2. The third kappa shape index (κ3) is 2.31. The molecule has 0 spiro atoms. The van der Waals surface area contributed by atoms with Crippen molar-refractivity contribution in [3.63, 3.8) is 0 Å². The van der Waals surface area contributed by atoms with Gasteiger partial charge >= 0.3 is 0 Å². The Morgan fingerprint density at radius 2 is 2.08 bits per heavy atom. The van der Waals surface area contributed by atoms with Crippen LogP contribution < -0.4 is 0 Å². The highest BCUT2D eigenvalue weighted by atomic mass is 32.1. The first-order chi connectivity index (χ1) is 5.96. The standard InChI is InChI=1S/C11H19NS/c1-6-8(2)10-9(7-12-13-10)11(3,4)5/h7-8H,6H2,1-5H3. The van der Waals surface area contributed by atoms with Crippen molar-refractivity contribution in [2.45, 2.75) is 52.4 Å². The molecule has 1 rings (SSSR count). The average molecular weight is 197 g/mol. The molecule has 0 aliphatic heterocycles.